The van der Waals surface area contributed by atoms with Crippen LogP contribution in [0, 0.1) is 0 Å². The van der Waals surface area contributed by atoms with Crippen LogP contribution in [0.1, 0.15) is 11.4 Å². The Morgan fingerprint density at radius 1 is 1.26 bits per heavy atom. The zero-order valence-corrected chi connectivity index (χ0v) is 11.6. The summed E-state index contributed by atoms with van der Waals surface area (Å²) in [4.78, 5) is 17.0. The molecule has 3 nitrogen and oxygen atoms in total. The maximum Gasteiger partial charge on any atom is 0.261 e. The lowest BCUT2D eigenvalue weighted by Gasteiger charge is -2.10. The summed E-state index contributed by atoms with van der Waals surface area (Å²) in [5.74, 6) is 0.834. The van der Waals surface area contributed by atoms with Crippen LogP contribution in [0.25, 0.3) is 10.9 Å². The lowest BCUT2D eigenvalue weighted by atomic mass is 10.2. The summed E-state index contributed by atoms with van der Waals surface area (Å²) >= 11 is 7.54. The van der Waals surface area contributed by atoms with Crippen molar-refractivity contribution in [2.45, 2.75) is 12.4 Å². The molecular formula is C14H11ClN2OS. The first-order valence-electron chi connectivity index (χ1n) is 5.85. The van der Waals surface area contributed by atoms with E-state index in [9.17, 15) is 4.79 Å². The molecule has 0 saturated heterocycles. The highest BCUT2D eigenvalue weighted by molar-refractivity contribution is 7.07. The number of benzene rings is 1. The fraction of sp³-hybridized carbons (Fsp3) is 0.143. The smallest absolute Gasteiger partial charge is 0.261 e. The van der Waals surface area contributed by atoms with Gasteiger partial charge < -0.3 is 0 Å². The summed E-state index contributed by atoms with van der Waals surface area (Å²) < 4.78 is 1.65. The van der Waals surface area contributed by atoms with Crippen molar-refractivity contribution in [2.75, 3.05) is 0 Å². The molecule has 2 aromatic heterocycles. The van der Waals surface area contributed by atoms with Crippen molar-refractivity contribution >= 4 is 33.8 Å². The highest BCUT2D eigenvalue weighted by atomic mass is 35.5. The Labute approximate surface area is 119 Å². The van der Waals surface area contributed by atoms with E-state index in [1.165, 1.54) is 0 Å². The second-order valence-electron chi connectivity index (χ2n) is 4.20. The molecule has 3 aromatic rings. The number of nitrogens with zero attached hydrogens (tertiary/aromatic N) is 2. The quantitative estimate of drug-likeness (QED) is 0.694. The maximum atomic E-state index is 12.5. The minimum atomic E-state index is -0.0348. The van der Waals surface area contributed by atoms with Gasteiger partial charge in [0.25, 0.3) is 5.56 Å². The molecule has 0 aliphatic rings. The summed E-state index contributed by atoms with van der Waals surface area (Å²) in [5, 5.41) is 4.65. The Morgan fingerprint density at radius 2 is 2.11 bits per heavy atom. The van der Waals surface area contributed by atoms with Gasteiger partial charge in [0.05, 0.1) is 23.3 Å². The van der Waals surface area contributed by atoms with Crippen molar-refractivity contribution in [3.05, 3.63) is 62.8 Å². The normalized spacial score (nSPS) is 11.0. The van der Waals surface area contributed by atoms with Crippen molar-refractivity contribution in [2.24, 2.45) is 0 Å². The second-order valence-corrected chi connectivity index (χ2v) is 5.25. The van der Waals surface area contributed by atoms with Crippen molar-refractivity contribution in [1.29, 1.82) is 0 Å². The van der Waals surface area contributed by atoms with Crippen molar-refractivity contribution in [3.63, 3.8) is 0 Å². The van der Waals surface area contributed by atoms with Crippen molar-refractivity contribution in [3.8, 4) is 0 Å². The largest absolute Gasteiger partial charge is 0.291 e. The molecule has 3 rings (SSSR count). The minimum absolute atomic E-state index is 0.0348. The number of hydrogen-bond acceptors (Lipinski definition) is 3. The number of thiophene rings is 1. The Morgan fingerprint density at radius 3 is 2.84 bits per heavy atom. The molecule has 0 bridgehead atoms. The fourth-order valence-corrected chi connectivity index (χ4v) is 2.91. The lowest BCUT2D eigenvalue weighted by molar-refractivity contribution is 0.708. The highest BCUT2D eigenvalue weighted by Crippen LogP contribution is 2.12. The Hall–Kier alpha value is -1.65. The Bertz CT molecular complexity index is 765. The van der Waals surface area contributed by atoms with E-state index in [2.05, 4.69) is 4.98 Å². The third-order valence-electron chi connectivity index (χ3n) is 2.98. The van der Waals surface area contributed by atoms with Gasteiger partial charge in [0, 0.05) is 0 Å². The molecule has 0 amide bonds. The van der Waals surface area contributed by atoms with E-state index in [4.69, 9.17) is 11.6 Å². The van der Waals surface area contributed by atoms with Gasteiger partial charge in [-0.1, -0.05) is 12.1 Å². The summed E-state index contributed by atoms with van der Waals surface area (Å²) in [6, 6.07) is 9.36. The average Bonchev–Trinajstić information content (AvgIpc) is 2.95. The summed E-state index contributed by atoms with van der Waals surface area (Å²) in [6.45, 7) is 0.516. The van der Waals surface area contributed by atoms with Gasteiger partial charge >= 0.3 is 0 Å². The van der Waals surface area contributed by atoms with Crippen LogP contribution in [-0.4, -0.2) is 9.55 Å². The zero-order valence-electron chi connectivity index (χ0n) is 10.0. The number of para-hydroxylation sites is 1. The molecule has 0 aliphatic heterocycles. The minimum Gasteiger partial charge on any atom is -0.291 e. The molecule has 0 spiro atoms. The SMILES string of the molecule is O=c1c2ccccc2nc(CCl)n1Cc1ccsc1. The molecule has 96 valence electrons. The maximum absolute atomic E-state index is 12.5. The molecule has 5 heteroatoms. The molecule has 0 aliphatic carbocycles. The van der Waals surface area contributed by atoms with Crippen LogP contribution in [0.5, 0.6) is 0 Å². The van der Waals surface area contributed by atoms with Gasteiger partial charge in [-0.25, -0.2) is 4.98 Å². The lowest BCUT2D eigenvalue weighted by Crippen LogP contribution is -2.25. The van der Waals surface area contributed by atoms with Gasteiger partial charge in [0.1, 0.15) is 5.82 Å². The molecule has 0 fully saturated rings. The third kappa shape index (κ3) is 2.29. The first kappa shape index (κ1) is 12.4. The van der Waals surface area contributed by atoms with E-state index in [0.29, 0.717) is 23.3 Å². The van der Waals surface area contributed by atoms with E-state index in [-0.39, 0.29) is 11.4 Å². The predicted octanol–water partition coefficient (Wildman–Crippen LogP) is 3.25. The molecule has 2 heterocycles. The third-order valence-corrected chi connectivity index (χ3v) is 3.95. The van der Waals surface area contributed by atoms with Gasteiger partial charge in [-0.2, -0.15) is 11.3 Å². The molecular weight excluding hydrogens is 280 g/mol. The standard InChI is InChI=1S/C14H11ClN2OS/c15-7-13-16-12-4-2-1-3-11(12)14(18)17(13)8-10-5-6-19-9-10/h1-6,9H,7-8H2. The van der Waals surface area contributed by atoms with E-state index in [1.807, 2.05) is 35.0 Å². The number of hydrogen-bond donors (Lipinski definition) is 0. The van der Waals surface area contributed by atoms with Crippen LogP contribution >= 0.6 is 22.9 Å². The number of fused-ring (bicyclic) bond motifs is 1. The van der Waals surface area contributed by atoms with Crippen LogP contribution in [-0.2, 0) is 12.4 Å². The number of alkyl halides is 1. The fourth-order valence-electron chi connectivity index (χ4n) is 2.04. The first-order valence-corrected chi connectivity index (χ1v) is 7.33. The van der Waals surface area contributed by atoms with Gasteiger partial charge in [0.15, 0.2) is 0 Å². The first-order chi connectivity index (χ1) is 9.29. The summed E-state index contributed by atoms with van der Waals surface area (Å²) in [7, 11) is 0. The van der Waals surface area contributed by atoms with E-state index in [1.54, 1.807) is 22.0 Å². The summed E-state index contributed by atoms with van der Waals surface area (Å²) in [5.41, 5.74) is 1.76. The van der Waals surface area contributed by atoms with Gasteiger partial charge in [-0.3, -0.25) is 9.36 Å². The van der Waals surface area contributed by atoms with Gasteiger partial charge in [-0.15, -0.1) is 11.6 Å². The van der Waals surface area contributed by atoms with Crippen LogP contribution in [0.15, 0.2) is 45.9 Å². The number of aromatic nitrogens is 2. The Balaban J connectivity index is 2.21. The Kier molecular flexibility index (Phi) is 3.36. The molecule has 1 aromatic carbocycles. The van der Waals surface area contributed by atoms with E-state index < -0.39 is 0 Å². The predicted molar refractivity (Wildman–Crippen MR) is 79.0 cm³/mol. The summed E-state index contributed by atoms with van der Waals surface area (Å²) in [6.07, 6.45) is 0. The molecule has 0 unspecified atom stereocenters. The highest BCUT2D eigenvalue weighted by Gasteiger charge is 2.10. The van der Waals surface area contributed by atoms with E-state index >= 15 is 0 Å². The zero-order chi connectivity index (χ0) is 13.2. The molecule has 0 radical (unpaired) electrons. The van der Waals surface area contributed by atoms with Crippen LogP contribution in [0.2, 0.25) is 0 Å². The molecule has 0 saturated carbocycles. The monoisotopic (exact) mass is 290 g/mol. The van der Waals surface area contributed by atoms with Crippen LogP contribution in [0.3, 0.4) is 0 Å². The molecule has 0 N–H and O–H groups in total. The van der Waals surface area contributed by atoms with Crippen molar-refractivity contribution in [1.82, 2.24) is 9.55 Å². The number of rotatable bonds is 3. The van der Waals surface area contributed by atoms with Crippen molar-refractivity contribution < 1.29 is 0 Å². The molecule has 0 atom stereocenters. The van der Waals surface area contributed by atoms with Gasteiger partial charge in [0.2, 0.25) is 0 Å². The van der Waals surface area contributed by atoms with Crippen LogP contribution in [0.4, 0.5) is 0 Å². The van der Waals surface area contributed by atoms with Crippen LogP contribution < -0.4 is 5.56 Å². The average molecular weight is 291 g/mol. The van der Waals surface area contributed by atoms with Gasteiger partial charge in [-0.05, 0) is 34.5 Å². The molecule has 19 heavy (non-hydrogen) atoms. The topological polar surface area (TPSA) is 34.9 Å². The second kappa shape index (κ2) is 5.15. The van der Waals surface area contributed by atoms with E-state index in [0.717, 1.165) is 5.56 Å². The number of halogens is 1.